The van der Waals surface area contributed by atoms with Crippen molar-refractivity contribution in [2.45, 2.75) is 19.9 Å². The van der Waals surface area contributed by atoms with Gasteiger partial charge in [-0.3, -0.25) is 4.98 Å². The minimum atomic E-state index is 0.177. The van der Waals surface area contributed by atoms with Crippen molar-refractivity contribution < 1.29 is 0 Å². The molecule has 0 aliphatic rings. The lowest BCUT2D eigenvalue weighted by Crippen LogP contribution is -2.06. The third-order valence-corrected chi connectivity index (χ3v) is 4.31. The summed E-state index contributed by atoms with van der Waals surface area (Å²) in [5.41, 5.74) is 2.22. The third-order valence-electron chi connectivity index (χ3n) is 2.69. The molecule has 3 aromatic heterocycles. The molecule has 0 amide bonds. The Balaban J connectivity index is 1.84. The first-order chi connectivity index (χ1) is 8.72. The largest absolute Gasteiger partial charge is 0.354 e. The van der Waals surface area contributed by atoms with E-state index in [0.717, 1.165) is 21.2 Å². The molecule has 1 unspecified atom stereocenters. The van der Waals surface area contributed by atoms with Crippen LogP contribution in [0, 0.1) is 6.92 Å². The fourth-order valence-corrected chi connectivity index (χ4v) is 3.19. The van der Waals surface area contributed by atoms with E-state index in [1.54, 1.807) is 22.7 Å². The van der Waals surface area contributed by atoms with Gasteiger partial charge in [-0.2, -0.15) is 0 Å². The summed E-state index contributed by atoms with van der Waals surface area (Å²) >= 11 is 3.28. The third kappa shape index (κ3) is 2.21. The van der Waals surface area contributed by atoms with Crippen LogP contribution < -0.4 is 5.32 Å². The predicted octanol–water partition coefficient (Wildman–Crippen LogP) is 3.63. The average molecular weight is 276 g/mol. The van der Waals surface area contributed by atoms with Crippen molar-refractivity contribution in [3.8, 4) is 0 Å². The molecular formula is C12H12N4S2. The van der Waals surface area contributed by atoms with Crippen LogP contribution in [-0.4, -0.2) is 15.2 Å². The number of nitrogens with zero attached hydrogens (tertiary/aromatic N) is 3. The topological polar surface area (TPSA) is 50.7 Å². The Hall–Kier alpha value is -1.53. The second-order valence-electron chi connectivity index (χ2n) is 4.06. The lowest BCUT2D eigenvalue weighted by Gasteiger charge is -2.12. The van der Waals surface area contributed by atoms with E-state index in [9.17, 15) is 0 Å². The molecule has 6 heteroatoms. The van der Waals surface area contributed by atoms with Crippen molar-refractivity contribution >= 4 is 38.0 Å². The fourth-order valence-electron chi connectivity index (χ4n) is 1.72. The minimum Gasteiger partial charge on any atom is -0.354 e. The molecule has 3 aromatic rings. The summed E-state index contributed by atoms with van der Waals surface area (Å²) < 4.78 is 1.22. The monoisotopic (exact) mass is 276 g/mol. The Bertz CT molecular complexity index is 673. The van der Waals surface area contributed by atoms with Crippen LogP contribution in [0.5, 0.6) is 0 Å². The zero-order chi connectivity index (χ0) is 12.5. The van der Waals surface area contributed by atoms with Gasteiger partial charge in [-0.1, -0.05) is 11.3 Å². The zero-order valence-corrected chi connectivity index (χ0v) is 11.7. The summed E-state index contributed by atoms with van der Waals surface area (Å²) in [6.45, 7) is 4.06. The van der Waals surface area contributed by atoms with E-state index in [2.05, 4.69) is 38.9 Å². The van der Waals surface area contributed by atoms with Gasteiger partial charge in [0.1, 0.15) is 5.01 Å². The van der Waals surface area contributed by atoms with Crippen molar-refractivity contribution in [2.24, 2.45) is 0 Å². The van der Waals surface area contributed by atoms with E-state index in [1.165, 1.54) is 4.70 Å². The van der Waals surface area contributed by atoms with Gasteiger partial charge in [-0.05, 0) is 36.9 Å². The number of thiophene rings is 1. The van der Waals surface area contributed by atoms with Gasteiger partial charge >= 0.3 is 0 Å². The number of nitrogens with one attached hydrogen (secondary N) is 1. The van der Waals surface area contributed by atoms with Crippen molar-refractivity contribution in [2.75, 3.05) is 5.32 Å². The number of anilines is 1. The molecular weight excluding hydrogens is 264 g/mol. The van der Waals surface area contributed by atoms with Crippen LogP contribution >= 0.6 is 22.7 Å². The van der Waals surface area contributed by atoms with Crippen molar-refractivity contribution in [1.82, 2.24) is 15.2 Å². The molecule has 0 saturated heterocycles. The summed E-state index contributed by atoms with van der Waals surface area (Å²) in [5, 5.41) is 15.3. The number of aromatic nitrogens is 3. The molecule has 0 aliphatic carbocycles. The molecule has 18 heavy (non-hydrogen) atoms. The summed E-state index contributed by atoms with van der Waals surface area (Å²) in [7, 11) is 0. The Labute approximate surface area is 113 Å². The minimum absolute atomic E-state index is 0.177. The highest BCUT2D eigenvalue weighted by atomic mass is 32.1. The van der Waals surface area contributed by atoms with Crippen molar-refractivity contribution in [3.05, 3.63) is 34.3 Å². The average Bonchev–Trinajstić information content (AvgIpc) is 2.96. The van der Waals surface area contributed by atoms with Gasteiger partial charge in [0.05, 0.1) is 16.3 Å². The Morgan fingerprint density at radius 2 is 2.22 bits per heavy atom. The Kier molecular flexibility index (Phi) is 2.97. The smallest absolute Gasteiger partial charge is 0.206 e. The number of rotatable bonds is 3. The van der Waals surface area contributed by atoms with Crippen LogP contribution in [0.25, 0.3) is 10.2 Å². The summed E-state index contributed by atoms with van der Waals surface area (Å²) in [5.74, 6) is 0. The second-order valence-corrected chi connectivity index (χ2v) is 6.19. The van der Waals surface area contributed by atoms with Crippen LogP contribution in [0.4, 0.5) is 5.13 Å². The molecule has 1 N–H and O–H groups in total. The van der Waals surface area contributed by atoms with Gasteiger partial charge in [0, 0.05) is 6.20 Å². The molecule has 4 nitrogen and oxygen atoms in total. The molecule has 0 radical (unpaired) electrons. The summed E-state index contributed by atoms with van der Waals surface area (Å²) in [4.78, 5) is 4.45. The SMILES string of the molecule is Cc1nnc(NC(C)c2cnc3ccsc3c2)s1. The number of aryl methyl sites for hydroxylation is 1. The highest BCUT2D eigenvalue weighted by Crippen LogP contribution is 2.25. The highest BCUT2D eigenvalue weighted by molar-refractivity contribution is 7.17. The van der Waals surface area contributed by atoms with Crippen LogP contribution in [0.15, 0.2) is 23.7 Å². The Morgan fingerprint density at radius 1 is 1.33 bits per heavy atom. The number of hydrogen-bond acceptors (Lipinski definition) is 6. The molecule has 3 heterocycles. The van der Waals surface area contributed by atoms with Gasteiger partial charge in [-0.25, -0.2) is 0 Å². The normalized spacial score (nSPS) is 12.8. The van der Waals surface area contributed by atoms with E-state index in [1.807, 2.05) is 19.2 Å². The van der Waals surface area contributed by atoms with Crippen LogP contribution in [0.2, 0.25) is 0 Å². The summed E-state index contributed by atoms with van der Waals surface area (Å²) in [6, 6.07) is 4.39. The fraction of sp³-hybridized carbons (Fsp3) is 0.250. The van der Waals surface area contributed by atoms with E-state index in [0.29, 0.717) is 0 Å². The first-order valence-electron chi connectivity index (χ1n) is 5.62. The van der Waals surface area contributed by atoms with Crippen molar-refractivity contribution in [3.63, 3.8) is 0 Å². The quantitative estimate of drug-likeness (QED) is 0.793. The van der Waals surface area contributed by atoms with Gasteiger partial charge in [0.15, 0.2) is 0 Å². The molecule has 92 valence electrons. The molecule has 1 atom stereocenters. The summed E-state index contributed by atoms with van der Waals surface area (Å²) in [6.07, 6.45) is 1.92. The first kappa shape index (κ1) is 11.6. The van der Waals surface area contributed by atoms with Gasteiger partial charge < -0.3 is 5.32 Å². The molecule has 3 rings (SSSR count). The predicted molar refractivity (Wildman–Crippen MR) is 76.3 cm³/mol. The number of hydrogen-bond donors (Lipinski definition) is 1. The van der Waals surface area contributed by atoms with Crippen LogP contribution in [0.3, 0.4) is 0 Å². The molecule has 0 spiro atoms. The maximum Gasteiger partial charge on any atom is 0.206 e. The van der Waals surface area contributed by atoms with Crippen LogP contribution in [0.1, 0.15) is 23.5 Å². The lowest BCUT2D eigenvalue weighted by atomic mass is 10.1. The van der Waals surface area contributed by atoms with Crippen molar-refractivity contribution in [1.29, 1.82) is 0 Å². The number of fused-ring (bicyclic) bond motifs is 1. The second kappa shape index (κ2) is 4.62. The standard InChI is InChI=1S/C12H12N4S2/c1-7(14-12-16-15-8(2)18-12)9-5-11-10(13-6-9)3-4-17-11/h3-7H,1-2H3,(H,14,16). The van der Waals surface area contributed by atoms with Gasteiger partial charge in [-0.15, -0.1) is 21.5 Å². The first-order valence-corrected chi connectivity index (χ1v) is 7.32. The van der Waals surface area contributed by atoms with Crippen LogP contribution in [-0.2, 0) is 0 Å². The maximum atomic E-state index is 4.45. The molecule has 0 saturated carbocycles. The number of pyridine rings is 1. The molecule has 0 aromatic carbocycles. The van der Waals surface area contributed by atoms with E-state index in [-0.39, 0.29) is 6.04 Å². The van der Waals surface area contributed by atoms with E-state index < -0.39 is 0 Å². The highest BCUT2D eigenvalue weighted by Gasteiger charge is 2.09. The van der Waals surface area contributed by atoms with Gasteiger partial charge in [0.25, 0.3) is 0 Å². The maximum absolute atomic E-state index is 4.45. The zero-order valence-electron chi connectivity index (χ0n) is 10.0. The van der Waals surface area contributed by atoms with E-state index in [4.69, 9.17) is 0 Å². The molecule has 0 bridgehead atoms. The lowest BCUT2D eigenvalue weighted by molar-refractivity contribution is 0.868. The van der Waals surface area contributed by atoms with E-state index >= 15 is 0 Å². The van der Waals surface area contributed by atoms with Gasteiger partial charge in [0.2, 0.25) is 5.13 Å². The molecule has 0 fully saturated rings. The molecule has 0 aliphatic heterocycles. The Morgan fingerprint density at radius 3 is 3.00 bits per heavy atom.